The zero-order chi connectivity index (χ0) is 28.6. The van der Waals surface area contributed by atoms with E-state index in [4.69, 9.17) is 9.47 Å². The number of methoxy groups -OCH3 is 1. The summed E-state index contributed by atoms with van der Waals surface area (Å²) in [5.41, 5.74) is 3.58. The molecule has 2 aliphatic heterocycles. The lowest BCUT2D eigenvalue weighted by Gasteiger charge is -2.28. The first-order chi connectivity index (χ1) is 20.0. The minimum atomic E-state index is -0.290. The van der Waals surface area contributed by atoms with E-state index < -0.39 is 0 Å². The summed E-state index contributed by atoms with van der Waals surface area (Å²) in [5, 5.41) is 11.9. The van der Waals surface area contributed by atoms with Gasteiger partial charge in [-0.15, -0.1) is 10.2 Å². The van der Waals surface area contributed by atoms with E-state index in [1.54, 1.807) is 12.0 Å². The average molecular weight is 559 g/mol. The molecule has 0 radical (unpaired) electrons. The van der Waals surface area contributed by atoms with Gasteiger partial charge in [-0.1, -0.05) is 17.7 Å². The van der Waals surface area contributed by atoms with E-state index in [9.17, 15) is 9.59 Å². The van der Waals surface area contributed by atoms with Crippen LogP contribution in [0.5, 0.6) is 5.75 Å². The highest BCUT2D eigenvalue weighted by Crippen LogP contribution is 2.22. The Morgan fingerprint density at radius 1 is 0.976 bits per heavy atom. The second kappa shape index (κ2) is 13.5. The first kappa shape index (κ1) is 28.4. The number of benzene rings is 2. The molecular weight excluding hydrogens is 520 g/mol. The molecule has 2 aromatic carbocycles. The Hall–Kier alpha value is -4.18. The monoisotopic (exact) mass is 558 g/mol. The van der Waals surface area contributed by atoms with Gasteiger partial charge in [-0.05, 0) is 74.7 Å². The molecule has 2 fully saturated rings. The quantitative estimate of drug-likeness (QED) is 0.442. The lowest BCUT2D eigenvalue weighted by molar-refractivity contribution is -0.131. The number of nitrogens with zero attached hydrogens (tertiary/aromatic N) is 5. The fourth-order valence-corrected chi connectivity index (χ4v) is 5.16. The molecule has 216 valence electrons. The summed E-state index contributed by atoms with van der Waals surface area (Å²) < 4.78 is 11.0. The van der Waals surface area contributed by atoms with Gasteiger partial charge in [0.25, 0.3) is 0 Å². The Morgan fingerprint density at radius 2 is 1.78 bits per heavy atom. The van der Waals surface area contributed by atoms with Crippen LogP contribution in [0.3, 0.4) is 0 Å². The molecule has 2 saturated heterocycles. The summed E-state index contributed by atoms with van der Waals surface area (Å²) in [4.78, 5) is 32.3. The van der Waals surface area contributed by atoms with Crippen molar-refractivity contribution in [2.45, 2.75) is 32.3 Å². The third-order valence-corrected chi connectivity index (χ3v) is 7.57. The lowest BCUT2D eigenvalue weighted by Crippen LogP contribution is -2.47. The topological polar surface area (TPSA) is 100 Å². The third kappa shape index (κ3) is 7.52. The van der Waals surface area contributed by atoms with Crippen LogP contribution in [0.25, 0.3) is 11.3 Å². The van der Waals surface area contributed by atoms with Crippen LogP contribution in [0.1, 0.15) is 24.8 Å². The van der Waals surface area contributed by atoms with Crippen LogP contribution in [0.4, 0.5) is 16.3 Å². The van der Waals surface area contributed by atoms with E-state index in [2.05, 4.69) is 20.4 Å². The molecule has 10 nitrogen and oxygen atoms in total. The summed E-state index contributed by atoms with van der Waals surface area (Å²) in [6, 6.07) is 19.0. The minimum Gasteiger partial charge on any atom is -0.497 e. The van der Waals surface area contributed by atoms with E-state index >= 15 is 0 Å². The summed E-state index contributed by atoms with van der Waals surface area (Å²) in [6.45, 7) is 5.68. The average Bonchev–Trinajstić information content (AvgIpc) is 3.39. The van der Waals surface area contributed by atoms with E-state index in [0.29, 0.717) is 38.5 Å². The fraction of sp³-hybridized carbons (Fsp3) is 0.419. The van der Waals surface area contributed by atoms with Gasteiger partial charge in [0.15, 0.2) is 5.82 Å². The number of hydrogen-bond acceptors (Lipinski definition) is 7. The van der Waals surface area contributed by atoms with Gasteiger partial charge < -0.3 is 29.5 Å². The fourth-order valence-electron chi connectivity index (χ4n) is 5.16. The predicted octanol–water partition coefficient (Wildman–Crippen LogP) is 4.21. The molecule has 2 aliphatic rings. The summed E-state index contributed by atoms with van der Waals surface area (Å²) in [6.07, 6.45) is 2.61. The zero-order valence-electron chi connectivity index (χ0n) is 23.8. The second-order valence-corrected chi connectivity index (χ2v) is 10.5. The SMILES string of the molecule is COc1ccc(-c2ccc(N3CCCN(C(=O)CN(C[C@H]4CCCO4)C(=O)Nc4ccc(C)cc4)CC3)nn2)cc1. The molecule has 0 saturated carbocycles. The Bertz CT molecular complexity index is 1290. The number of amides is 3. The number of hydrogen-bond donors (Lipinski definition) is 1. The number of carbonyl (C=O) groups is 2. The van der Waals surface area contributed by atoms with Crippen molar-refractivity contribution in [1.82, 2.24) is 20.0 Å². The van der Waals surface area contributed by atoms with Gasteiger partial charge in [0, 0.05) is 50.6 Å². The van der Waals surface area contributed by atoms with E-state index in [1.165, 1.54) is 0 Å². The van der Waals surface area contributed by atoms with Crippen molar-refractivity contribution >= 4 is 23.4 Å². The first-order valence-corrected chi connectivity index (χ1v) is 14.2. The van der Waals surface area contributed by atoms with Gasteiger partial charge in [-0.25, -0.2) is 4.79 Å². The number of nitrogens with one attached hydrogen (secondary N) is 1. The van der Waals surface area contributed by atoms with E-state index in [0.717, 1.165) is 54.2 Å². The molecule has 0 unspecified atom stereocenters. The number of aromatic nitrogens is 2. The largest absolute Gasteiger partial charge is 0.497 e. The van der Waals surface area contributed by atoms with Crippen LogP contribution in [0.2, 0.25) is 0 Å². The van der Waals surface area contributed by atoms with Gasteiger partial charge in [0.05, 0.1) is 18.9 Å². The maximum absolute atomic E-state index is 13.4. The van der Waals surface area contributed by atoms with Crippen LogP contribution >= 0.6 is 0 Å². The summed E-state index contributed by atoms with van der Waals surface area (Å²) >= 11 is 0. The number of carbonyl (C=O) groups excluding carboxylic acids is 2. The van der Waals surface area contributed by atoms with Crippen molar-refractivity contribution in [3.05, 3.63) is 66.2 Å². The van der Waals surface area contributed by atoms with Crippen LogP contribution in [0, 0.1) is 6.92 Å². The maximum Gasteiger partial charge on any atom is 0.322 e. The van der Waals surface area contributed by atoms with Gasteiger partial charge in [0.1, 0.15) is 12.3 Å². The van der Waals surface area contributed by atoms with Crippen LogP contribution in [-0.4, -0.2) is 91.0 Å². The lowest BCUT2D eigenvalue weighted by atomic mass is 10.1. The number of rotatable bonds is 8. The van der Waals surface area contributed by atoms with Gasteiger partial charge >= 0.3 is 6.03 Å². The molecule has 3 heterocycles. The molecule has 5 rings (SSSR count). The summed E-state index contributed by atoms with van der Waals surface area (Å²) in [5.74, 6) is 1.52. The number of urea groups is 1. The van der Waals surface area contributed by atoms with Crippen molar-refractivity contribution in [3.63, 3.8) is 0 Å². The second-order valence-electron chi connectivity index (χ2n) is 10.5. The minimum absolute atomic E-state index is 0.00786. The highest BCUT2D eigenvalue weighted by molar-refractivity contribution is 5.92. The van der Waals surface area contributed by atoms with Gasteiger partial charge in [0.2, 0.25) is 5.91 Å². The highest BCUT2D eigenvalue weighted by atomic mass is 16.5. The molecule has 3 amide bonds. The van der Waals surface area contributed by atoms with Gasteiger partial charge in [-0.2, -0.15) is 0 Å². The molecule has 41 heavy (non-hydrogen) atoms. The summed E-state index contributed by atoms with van der Waals surface area (Å²) in [7, 11) is 1.64. The normalized spacial score (nSPS) is 17.2. The van der Waals surface area contributed by atoms with Crippen molar-refractivity contribution in [2.24, 2.45) is 0 Å². The van der Waals surface area contributed by atoms with Crippen molar-refractivity contribution in [3.8, 4) is 17.0 Å². The molecule has 1 atom stereocenters. The molecule has 0 aliphatic carbocycles. The Kier molecular flexibility index (Phi) is 9.30. The molecular formula is C31H38N6O4. The number of anilines is 2. The Labute approximate surface area is 241 Å². The van der Waals surface area contributed by atoms with E-state index in [-0.39, 0.29) is 24.6 Å². The van der Waals surface area contributed by atoms with Crippen LogP contribution in [-0.2, 0) is 9.53 Å². The van der Waals surface area contributed by atoms with Crippen molar-refractivity contribution in [1.29, 1.82) is 0 Å². The van der Waals surface area contributed by atoms with Crippen molar-refractivity contribution < 1.29 is 19.1 Å². The maximum atomic E-state index is 13.4. The molecule has 1 aromatic heterocycles. The molecule has 10 heteroatoms. The Morgan fingerprint density at radius 3 is 2.46 bits per heavy atom. The molecule has 0 bridgehead atoms. The highest BCUT2D eigenvalue weighted by Gasteiger charge is 2.27. The molecule has 0 spiro atoms. The van der Waals surface area contributed by atoms with E-state index in [1.807, 2.05) is 72.5 Å². The Balaban J connectivity index is 1.19. The third-order valence-electron chi connectivity index (χ3n) is 7.57. The molecule has 3 aromatic rings. The standard InChI is InChI=1S/C31H38N6O4/c1-23-6-10-25(11-7-23)32-31(39)37(21-27-5-3-20-41-27)22-30(38)36-17-4-16-35(18-19-36)29-15-14-28(33-34-29)24-8-12-26(40-2)13-9-24/h6-15,27H,3-5,16-22H2,1-2H3,(H,32,39)/t27-/m1/s1. The van der Waals surface area contributed by atoms with Crippen LogP contribution in [0.15, 0.2) is 60.7 Å². The number of ether oxygens (including phenoxy) is 2. The first-order valence-electron chi connectivity index (χ1n) is 14.2. The molecule has 1 N–H and O–H groups in total. The smallest absolute Gasteiger partial charge is 0.322 e. The van der Waals surface area contributed by atoms with Crippen LogP contribution < -0.4 is 15.0 Å². The predicted molar refractivity (Wildman–Crippen MR) is 158 cm³/mol. The van der Waals surface area contributed by atoms with Crippen molar-refractivity contribution in [2.75, 3.05) is 63.2 Å². The zero-order valence-corrected chi connectivity index (χ0v) is 23.8. The number of aryl methyl sites for hydroxylation is 1. The van der Waals surface area contributed by atoms with Gasteiger partial charge in [-0.3, -0.25) is 4.79 Å².